The van der Waals surface area contributed by atoms with Gasteiger partial charge >= 0.3 is 0 Å². The standard InChI is InChI=1S/C15H15Cl2NS/c16-13-5-3-6-14(10-13)18-8-9-19-11-12-4-1-2-7-15(12)17/h1-7,10,18H,8-9,11H2. The number of nitrogens with one attached hydrogen (secondary N) is 1. The first kappa shape index (κ1) is 14.6. The molecule has 0 fully saturated rings. The molecular formula is C15H15Cl2NS. The fourth-order valence-electron chi connectivity index (χ4n) is 1.66. The Balaban J connectivity index is 1.69. The first-order chi connectivity index (χ1) is 9.25. The van der Waals surface area contributed by atoms with Gasteiger partial charge in [-0.3, -0.25) is 0 Å². The van der Waals surface area contributed by atoms with Crippen LogP contribution in [0.15, 0.2) is 48.5 Å². The number of benzene rings is 2. The van der Waals surface area contributed by atoms with Gasteiger partial charge in [0.15, 0.2) is 0 Å². The molecule has 4 heteroatoms. The number of anilines is 1. The molecule has 0 spiro atoms. The van der Waals surface area contributed by atoms with Crippen molar-refractivity contribution in [3.63, 3.8) is 0 Å². The molecule has 0 heterocycles. The van der Waals surface area contributed by atoms with E-state index in [0.29, 0.717) is 0 Å². The number of halogens is 2. The molecule has 100 valence electrons. The van der Waals surface area contributed by atoms with Crippen molar-refractivity contribution in [1.29, 1.82) is 0 Å². The van der Waals surface area contributed by atoms with E-state index in [0.717, 1.165) is 33.8 Å². The van der Waals surface area contributed by atoms with Crippen LogP contribution in [0.1, 0.15) is 5.56 Å². The van der Waals surface area contributed by atoms with E-state index in [4.69, 9.17) is 23.2 Å². The number of rotatable bonds is 6. The van der Waals surface area contributed by atoms with Crippen molar-refractivity contribution in [2.75, 3.05) is 17.6 Å². The molecular weight excluding hydrogens is 297 g/mol. The van der Waals surface area contributed by atoms with Crippen LogP contribution in [0.5, 0.6) is 0 Å². The molecule has 0 radical (unpaired) electrons. The minimum absolute atomic E-state index is 0.758. The maximum Gasteiger partial charge on any atom is 0.0446 e. The third-order valence-electron chi connectivity index (χ3n) is 2.62. The predicted molar refractivity (Wildman–Crippen MR) is 87.6 cm³/mol. The van der Waals surface area contributed by atoms with Gasteiger partial charge in [0, 0.05) is 33.8 Å². The Kier molecular flexibility index (Phi) is 5.90. The normalized spacial score (nSPS) is 10.4. The molecule has 0 aromatic heterocycles. The second-order valence-electron chi connectivity index (χ2n) is 4.08. The molecule has 0 atom stereocenters. The van der Waals surface area contributed by atoms with Crippen LogP contribution < -0.4 is 5.32 Å². The average Bonchev–Trinajstić information content (AvgIpc) is 2.40. The summed E-state index contributed by atoms with van der Waals surface area (Å²) in [7, 11) is 0. The first-order valence-electron chi connectivity index (χ1n) is 6.06. The zero-order valence-corrected chi connectivity index (χ0v) is 12.7. The Morgan fingerprint density at radius 1 is 1.00 bits per heavy atom. The van der Waals surface area contributed by atoms with Gasteiger partial charge in [-0.1, -0.05) is 47.5 Å². The molecule has 0 amide bonds. The summed E-state index contributed by atoms with van der Waals surface area (Å²) >= 11 is 13.9. The second kappa shape index (κ2) is 7.68. The molecule has 0 bridgehead atoms. The van der Waals surface area contributed by atoms with Crippen molar-refractivity contribution in [2.24, 2.45) is 0 Å². The van der Waals surface area contributed by atoms with Gasteiger partial charge in [0.25, 0.3) is 0 Å². The average molecular weight is 312 g/mol. The number of hydrogen-bond acceptors (Lipinski definition) is 2. The molecule has 0 aliphatic rings. The quantitative estimate of drug-likeness (QED) is 0.723. The Morgan fingerprint density at radius 2 is 1.84 bits per heavy atom. The van der Waals surface area contributed by atoms with E-state index in [1.807, 2.05) is 54.2 Å². The summed E-state index contributed by atoms with van der Waals surface area (Å²) in [5.41, 5.74) is 2.25. The van der Waals surface area contributed by atoms with Crippen LogP contribution in [0.2, 0.25) is 10.0 Å². The van der Waals surface area contributed by atoms with E-state index in [2.05, 4.69) is 11.4 Å². The van der Waals surface area contributed by atoms with Crippen molar-refractivity contribution in [3.05, 3.63) is 64.1 Å². The summed E-state index contributed by atoms with van der Waals surface area (Å²) in [5, 5.41) is 4.95. The van der Waals surface area contributed by atoms with E-state index in [9.17, 15) is 0 Å². The van der Waals surface area contributed by atoms with Gasteiger partial charge in [0.2, 0.25) is 0 Å². The van der Waals surface area contributed by atoms with Crippen molar-refractivity contribution in [1.82, 2.24) is 0 Å². The number of hydrogen-bond donors (Lipinski definition) is 1. The molecule has 0 unspecified atom stereocenters. The van der Waals surface area contributed by atoms with E-state index < -0.39 is 0 Å². The van der Waals surface area contributed by atoms with Crippen LogP contribution >= 0.6 is 35.0 Å². The van der Waals surface area contributed by atoms with Gasteiger partial charge < -0.3 is 5.32 Å². The summed E-state index contributed by atoms with van der Waals surface area (Å²) in [6.07, 6.45) is 0. The first-order valence-corrected chi connectivity index (χ1v) is 7.97. The fraction of sp³-hybridized carbons (Fsp3) is 0.200. The Morgan fingerprint density at radius 3 is 2.63 bits per heavy atom. The SMILES string of the molecule is Clc1cccc(NCCSCc2ccccc2Cl)c1. The largest absolute Gasteiger partial charge is 0.384 e. The van der Waals surface area contributed by atoms with Crippen LogP contribution in [-0.4, -0.2) is 12.3 Å². The highest BCUT2D eigenvalue weighted by Crippen LogP contribution is 2.21. The third kappa shape index (κ3) is 4.98. The highest BCUT2D eigenvalue weighted by atomic mass is 35.5. The summed E-state index contributed by atoms with van der Waals surface area (Å²) in [5.74, 6) is 1.97. The topological polar surface area (TPSA) is 12.0 Å². The summed E-state index contributed by atoms with van der Waals surface area (Å²) in [4.78, 5) is 0. The minimum atomic E-state index is 0.758. The maximum atomic E-state index is 6.11. The second-order valence-corrected chi connectivity index (χ2v) is 6.03. The lowest BCUT2D eigenvalue weighted by atomic mass is 10.2. The van der Waals surface area contributed by atoms with Crippen molar-refractivity contribution in [2.45, 2.75) is 5.75 Å². The molecule has 0 aliphatic heterocycles. The predicted octanol–water partition coefficient (Wildman–Crippen LogP) is 5.34. The lowest BCUT2D eigenvalue weighted by molar-refractivity contribution is 1.22. The molecule has 1 N–H and O–H groups in total. The highest BCUT2D eigenvalue weighted by molar-refractivity contribution is 7.98. The van der Waals surface area contributed by atoms with Crippen LogP contribution in [0.3, 0.4) is 0 Å². The van der Waals surface area contributed by atoms with Gasteiger partial charge in [-0.05, 0) is 29.8 Å². The van der Waals surface area contributed by atoms with Crippen molar-refractivity contribution in [3.8, 4) is 0 Å². The summed E-state index contributed by atoms with van der Waals surface area (Å²) in [6.45, 7) is 0.912. The summed E-state index contributed by atoms with van der Waals surface area (Å²) < 4.78 is 0. The van der Waals surface area contributed by atoms with Crippen LogP contribution in [-0.2, 0) is 5.75 Å². The Labute approximate surface area is 128 Å². The van der Waals surface area contributed by atoms with Crippen molar-refractivity contribution >= 4 is 40.7 Å². The molecule has 2 rings (SSSR count). The number of thioether (sulfide) groups is 1. The minimum Gasteiger partial charge on any atom is -0.384 e. The summed E-state index contributed by atoms with van der Waals surface area (Å²) in [6, 6.07) is 15.7. The van der Waals surface area contributed by atoms with Crippen LogP contribution in [0.4, 0.5) is 5.69 Å². The lowest BCUT2D eigenvalue weighted by Crippen LogP contribution is -2.04. The molecule has 1 nitrogen and oxygen atoms in total. The van der Waals surface area contributed by atoms with E-state index >= 15 is 0 Å². The third-order valence-corrected chi connectivity index (χ3v) is 4.23. The molecule has 2 aromatic rings. The lowest BCUT2D eigenvalue weighted by Gasteiger charge is -2.07. The highest BCUT2D eigenvalue weighted by Gasteiger charge is 1.99. The fourth-order valence-corrected chi connectivity index (χ4v) is 3.00. The van der Waals surface area contributed by atoms with Gasteiger partial charge in [0.1, 0.15) is 0 Å². The Bertz CT molecular complexity index is 531. The maximum absolute atomic E-state index is 6.11. The smallest absolute Gasteiger partial charge is 0.0446 e. The Hall–Kier alpha value is -0.830. The van der Waals surface area contributed by atoms with Crippen LogP contribution in [0, 0.1) is 0 Å². The molecule has 0 saturated carbocycles. The monoisotopic (exact) mass is 311 g/mol. The van der Waals surface area contributed by atoms with Crippen molar-refractivity contribution < 1.29 is 0 Å². The van der Waals surface area contributed by atoms with Gasteiger partial charge in [-0.25, -0.2) is 0 Å². The molecule has 2 aromatic carbocycles. The van der Waals surface area contributed by atoms with E-state index in [-0.39, 0.29) is 0 Å². The molecule has 19 heavy (non-hydrogen) atoms. The molecule has 0 saturated heterocycles. The molecule has 0 aliphatic carbocycles. The van der Waals surface area contributed by atoms with E-state index in [1.165, 1.54) is 5.56 Å². The van der Waals surface area contributed by atoms with E-state index in [1.54, 1.807) is 0 Å². The zero-order chi connectivity index (χ0) is 13.5. The van der Waals surface area contributed by atoms with Gasteiger partial charge in [0.05, 0.1) is 0 Å². The van der Waals surface area contributed by atoms with Gasteiger partial charge in [-0.15, -0.1) is 0 Å². The van der Waals surface area contributed by atoms with Crippen LogP contribution in [0.25, 0.3) is 0 Å². The van der Waals surface area contributed by atoms with Gasteiger partial charge in [-0.2, -0.15) is 11.8 Å². The zero-order valence-electron chi connectivity index (χ0n) is 10.4.